The standard InChI is InChI=1S/C14H26N2O/c1-11(12-7-4-3-5-8-12)16-10-6-9-13(15-2)14(16)17/h11-13,15H,3-10H2,1-2H3. The molecule has 98 valence electrons. The number of carbonyl (C=O) groups excluding carboxylic acids is 1. The maximum Gasteiger partial charge on any atom is 0.239 e. The van der Waals surface area contributed by atoms with E-state index >= 15 is 0 Å². The smallest absolute Gasteiger partial charge is 0.239 e. The lowest BCUT2D eigenvalue weighted by atomic mass is 9.83. The van der Waals surface area contributed by atoms with Crippen molar-refractivity contribution in [2.24, 2.45) is 5.92 Å². The van der Waals surface area contributed by atoms with Gasteiger partial charge in [-0.3, -0.25) is 4.79 Å². The van der Waals surface area contributed by atoms with Crippen LogP contribution in [0.5, 0.6) is 0 Å². The van der Waals surface area contributed by atoms with Gasteiger partial charge in [-0.1, -0.05) is 19.3 Å². The van der Waals surface area contributed by atoms with E-state index in [4.69, 9.17) is 0 Å². The molecule has 0 spiro atoms. The molecule has 0 aromatic heterocycles. The first kappa shape index (κ1) is 12.9. The van der Waals surface area contributed by atoms with Crippen LogP contribution in [0.25, 0.3) is 0 Å². The normalized spacial score (nSPS) is 29.4. The zero-order valence-electron chi connectivity index (χ0n) is 11.2. The van der Waals surface area contributed by atoms with Crippen molar-refractivity contribution in [3.05, 3.63) is 0 Å². The Labute approximate surface area is 105 Å². The molecular weight excluding hydrogens is 212 g/mol. The number of carbonyl (C=O) groups is 1. The Morgan fingerprint density at radius 3 is 2.53 bits per heavy atom. The SMILES string of the molecule is CNC1CCCN(C(C)C2CCCCC2)C1=O. The summed E-state index contributed by atoms with van der Waals surface area (Å²) in [5.74, 6) is 1.07. The van der Waals surface area contributed by atoms with E-state index in [0.717, 1.165) is 25.3 Å². The minimum atomic E-state index is 0.0646. The Kier molecular flexibility index (Phi) is 4.43. The molecule has 0 aromatic carbocycles. The topological polar surface area (TPSA) is 32.3 Å². The van der Waals surface area contributed by atoms with Gasteiger partial charge in [-0.25, -0.2) is 0 Å². The van der Waals surface area contributed by atoms with Gasteiger partial charge >= 0.3 is 0 Å². The number of hydrogen-bond donors (Lipinski definition) is 1. The van der Waals surface area contributed by atoms with Crippen molar-refractivity contribution in [2.45, 2.75) is 64.0 Å². The van der Waals surface area contributed by atoms with Crippen LogP contribution in [0.4, 0.5) is 0 Å². The van der Waals surface area contributed by atoms with Crippen molar-refractivity contribution in [3.8, 4) is 0 Å². The molecule has 1 saturated carbocycles. The van der Waals surface area contributed by atoms with Crippen molar-refractivity contribution < 1.29 is 4.79 Å². The molecule has 1 amide bonds. The first-order valence-corrected chi connectivity index (χ1v) is 7.21. The second-order valence-electron chi connectivity index (χ2n) is 5.65. The number of piperidine rings is 1. The summed E-state index contributed by atoms with van der Waals surface area (Å²) in [6.45, 7) is 3.22. The van der Waals surface area contributed by atoms with Gasteiger partial charge in [0.25, 0.3) is 0 Å². The van der Waals surface area contributed by atoms with E-state index in [-0.39, 0.29) is 6.04 Å². The van der Waals surface area contributed by atoms with E-state index < -0.39 is 0 Å². The van der Waals surface area contributed by atoms with Crippen LogP contribution >= 0.6 is 0 Å². The van der Waals surface area contributed by atoms with Gasteiger partial charge in [-0.2, -0.15) is 0 Å². The highest BCUT2D eigenvalue weighted by atomic mass is 16.2. The Morgan fingerprint density at radius 1 is 1.18 bits per heavy atom. The van der Waals surface area contributed by atoms with E-state index in [1.807, 2.05) is 7.05 Å². The number of nitrogens with one attached hydrogen (secondary N) is 1. The van der Waals surface area contributed by atoms with Crippen molar-refractivity contribution in [3.63, 3.8) is 0 Å². The summed E-state index contributed by atoms with van der Waals surface area (Å²) < 4.78 is 0. The maximum atomic E-state index is 12.3. The summed E-state index contributed by atoms with van der Waals surface area (Å²) in [5.41, 5.74) is 0. The second kappa shape index (κ2) is 5.85. The van der Waals surface area contributed by atoms with E-state index in [1.54, 1.807) is 0 Å². The predicted molar refractivity (Wildman–Crippen MR) is 69.8 cm³/mol. The molecule has 3 nitrogen and oxygen atoms in total. The summed E-state index contributed by atoms with van der Waals surface area (Å²) in [4.78, 5) is 14.4. The third kappa shape index (κ3) is 2.82. The molecule has 2 unspecified atom stereocenters. The van der Waals surface area contributed by atoms with Gasteiger partial charge in [-0.15, -0.1) is 0 Å². The fourth-order valence-corrected chi connectivity index (χ4v) is 3.44. The predicted octanol–water partition coefficient (Wildman–Crippen LogP) is 2.17. The molecule has 0 bridgehead atoms. The van der Waals surface area contributed by atoms with Crippen LogP contribution < -0.4 is 5.32 Å². The monoisotopic (exact) mass is 238 g/mol. The number of rotatable bonds is 3. The number of likely N-dealkylation sites (N-methyl/N-ethyl adjacent to an activating group) is 1. The number of nitrogens with zero attached hydrogens (tertiary/aromatic N) is 1. The Balaban J connectivity index is 1.97. The van der Waals surface area contributed by atoms with Gasteiger partial charge < -0.3 is 10.2 Å². The molecule has 1 N–H and O–H groups in total. The summed E-state index contributed by atoms with van der Waals surface area (Å²) in [5, 5.41) is 3.15. The third-order valence-electron chi connectivity index (χ3n) is 4.65. The minimum absolute atomic E-state index is 0.0646. The highest BCUT2D eigenvalue weighted by molar-refractivity contribution is 5.82. The zero-order chi connectivity index (χ0) is 12.3. The lowest BCUT2D eigenvalue weighted by Gasteiger charge is -2.41. The quantitative estimate of drug-likeness (QED) is 0.817. The number of hydrogen-bond acceptors (Lipinski definition) is 2. The van der Waals surface area contributed by atoms with Crippen molar-refractivity contribution in [1.82, 2.24) is 10.2 Å². The van der Waals surface area contributed by atoms with Gasteiger partial charge in [0.1, 0.15) is 0 Å². The van der Waals surface area contributed by atoms with Crippen LogP contribution in [0, 0.1) is 5.92 Å². The fourth-order valence-electron chi connectivity index (χ4n) is 3.44. The van der Waals surface area contributed by atoms with Crippen molar-refractivity contribution in [2.75, 3.05) is 13.6 Å². The van der Waals surface area contributed by atoms with E-state index in [1.165, 1.54) is 32.1 Å². The summed E-state index contributed by atoms with van der Waals surface area (Å²) in [6, 6.07) is 0.508. The second-order valence-corrected chi connectivity index (χ2v) is 5.65. The molecule has 17 heavy (non-hydrogen) atoms. The highest BCUT2D eigenvalue weighted by Gasteiger charge is 2.33. The lowest BCUT2D eigenvalue weighted by Crippen LogP contribution is -2.54. The summed E-state index contributed by atoms with van der Waals surface area (Å²) in [6.07, 6.45) is 8.87. The molecule has 0 aromatic rings. The molecule has 1 heterocycles. The Hall–Kier alpha value is -0.570. The molecule has 0 radical (unpaired) electrons. The minimum Gasteiger partial charge on any atom is -0.338 e. The van der Waals surface area contributed by atoms with Crippen LogP contribution in [0.3, 0.4) is 0 Å². The molecule has 1 saturated heterocycles. The van der Waals surface area contributed by atoms with E-state index in [2.05, 4.69) is 17.1 Å². The van der Waals surface area contributed by atoms with Crippen LogP contribution in [-0.4, -0.2) is 36.5 Å². The van der Waals surface area contributed by atoms with E-state index in [0.29, 0.717) is 11.9 Å². The van der Waals surface area contributed by atoms with Gasteiger partial charge in [0.15, 0.2) is 0 Å². The fraction of sp³-hybridized carbons (Fsp3) is 0.929. The molecule has 2 fully saturated rings. The molecule has 1 aliphatic heterocycles. The zero-order valence-corrected chi connectivity index (χ0v) is 11.2. The number of likely N-dealkylation sites (tertiary alicyclic amines) is 1. The average Bonchev–Trinajstić information content (AvgIpc) is 2.39. The largest absolute Gasteiger partial charge is 0.338 e. The summed E-state index contributed by atoms with van der Waals surface area (Å²) >= 11 is 0. The summed E-state index contributed by atoms with van der Waals surface area (Å²) in [7, 11) is 1.90. The van der Waals surface area contributed by atoms with Crippen LogP contribution in [-0.2, 0) is 4.79 Å². The van der Waals surface area contributed by atoms with Gasteiger partial charge in [0, 0.05) is 12.6 Å². The third-order valence-corrected chi connectivity index (χ3v) is 4.65. The van der Waals surface area contributed by atoms with Crippen LogP contribution in [0.15, 0.2) is 0 Å². The van der Waals surface area contributed by atoms with Gasteiger partial charge in [0.05, 0.1) is 6.04 Å². The first-order chi connectivity index (χ1) is 8.24. The van der Waals surface area contributed by atoms with Crippen LogP contribution in [0.1, 0.15) is 51.9 Å². The van der Waals surface area contributed by atoms with Crippen molar-refractivity contribution in [1.29, 1.82) is 0 Å². The molecule has 2 aliphatic rings. The average molecular weight is 238 g/mol. The molecular formula is C14H26N2O. The first-order valence-electron chi connectivity index (χ1n) is 7.21. The number of amides is 1. The molecule has 1 aliphatic carbocycles. The molecule has 3 heteroatoms. The Morgan fingerprint density at radius 2 is 1.88 bits per heavy atom. The van der Waals surface area contributed by atoms with E-state index in [9.17, 15) is 4.79 Å². The lowest BCUT2D eigenvalue weighted by molar-refractivity contribution is -0.139. The molecule has 2 atom stereocenters. The highest BCUT2D eigenvalue weighted by Crippen LogP contribution is 2.30. The van der Waals surface area contributed by atoms with Gasteiger partial charge in [-0.05, 0) is 45.6 Å². The maximum absolute atomic E-state index is 12.3. The van der Waals surface area contributed by atoms with Gasteiger partial charge in [0.2, 0.25) is 5.91 Å². The Bertz CT molecular complexity index is 261. The van der Waals surface area contributed by atoms with Crippen molar-refractivity contribution >= 4 is 5.91 Å². The molecule has 2 rings (SSSR count). The van der Waals surface area contributed by atoms with Crippen LogP contribution in [0.2, 0.25) is 0 Å².